The van der Waals surface area contributed by atoms with Crippen LogP contribution in [-0.2, 0) is 4.74 Å². The molecule has 116 valence electrons. The third kappa shape index (κ3) is 2.48. The molecule has 2 aromatic heterocycles. The summed E-state index contributed by atoms with van der Waals surface area (Å²) >= 11 is 0. The van der Waals surface area contributed by atoms with Gasteiger partial charge in [0, 0.05) is 7.11 Å². The third-order valence-electron chi connectivity index (χ3n) is 3.38. The van der Waals surface area contributed by atoms with Crippen LogP contribution < -0.4 is 11.3 Å². The Bertz CT molecular complexity index is 695. The molecule has 0 saturated carbocycles. The maximum atomic E-state index is 14.5. The molecule has 0 radical (unpaired) electrons. The van der Waals surface area contributed by atoms with Crippen LogP contribution in [0.4, 0.5) is 10.3 Å². The number of aliphatic hydroxyl groups excluding tert-OH is 2. The minimum absolute atomic E-state index is 0.109. The number of methoxy groups -OCH3 is 1. The van der Waals surface area contributed by atoms with E-state index >= 15 is 0 Å². The van der Waals surface area contributed by atoms with Gasteiger partial charge in [0.05, 0.1) is 12.9 Å². The van der Waals surface area contributed by atoms with Crippen molar-refractivity contribution in [3.8, 4) is 0 Å². The number of anilines is 1. The second-order valence-corrected chi connectivity index (χ2v) is 4.77. The first kappa shape index (κ1) is 15.4. The highest BCUT2D eigenvalue weighted by Crippen LogP contribution is 2.27. The lowest BCUT2D eigenvalue weighted by Gasteiger charge is -2.33. The monoisotopic (exact) mass is 301 g/mol. The maximum Gasteiger partial charge on any atom is 0.280 e. The van der Waals surface area contributed by atoms with E-state index in [0.29, 0.717) is 0 Å². The highest BCUT2D eigenvalue weighted by atomic mass is 19.1. The van der Waals surface area contributed by atoms with Gasteiger partial charge in [0.15, 0.2) is 11.2 Å². The van der Waals surface area contributed by atoms with Gasteiger partial charge in [-0.15, -0.1) is 0 Å². The maximum absolute atomic E-state index is 14.5. The van der Waals surface area contributed by atoms with E-state index in [-0.39, 0.29) is 17.1 Å². The number of ether oxygens (including phenoxy) is 1. The van der Waals surface area contributed by atoms with E-state index in [1.165, 1.54) is 14.0 Å². The van der Waals surface area contributed by atoms with Gasteiger partial charge in [-0.1, -0.05) is 0 Å². The Kier molecular flexibility index (Phi) is 3.94. The molecule has 0 aliphatic rings. The third-order valence-corrected chi connectivity index (χ3v) is 3.38. The molecule has 2 aromatic rings. The van der Waals surface area contributed by atoms with Crippen LogP contribution in [0.15, 0.2) is 11.1 Å². The Labute approximate surface area is 118 Å². The van der Waals surface area contributed by atoms with Crippen LogP contribution in [0.3, 0.4) is 0 Å². The van der Waals surface area contributed by atoms with Crippen LogP contribution in [0, 0.1) is 0 Å². The number of fused-ring (bicyclic) bond motifs is 1. The van der Waals surface area contributed by atoms with Gasteiger partial charge in [-0.3, -0.25) is 14.3 Å². The standard InChI is InChI=1S/C11H16FN5O4/c1-11(3-18,21-2)6(19)7(12)17-4-14-5-8(17)15-10(13)16-9(5)20/h4,6-7,18-19H,3H2,1-2H3,(H3,13,15,16,20)/t6-,7-,11+/m0/s1. The summed E-state index contributed by atoms with van der Waals surface area (Å²) in [4.78, 5) is 21.4. The fourth-order valence-corrected chi connectivity index (χ4v) is 1.85. The smallest absolute Gasteiger partial charge is 0.280 e. The summed E-state index contributed by atoms with van der Waals surface area (Å²) in [5.74, 6) is -0.201. The molecule has 0 aliphatic heterocycles. The van der Waals surface area contributed by atoms with Crippen molar-refractivity contribution in [2.45, 2.75) is 24.9 Å². The van der Waals surface area contributed by atoms with Crippen molar-refractivity contribution >= 4 is 17.1 Å². The van der Waals surface area contributed by atoms with Crippen LogP contribution >= 0.6 is 0 Å². The van der Waals surface area contributed by atoms with Gasteiger partial charge >= 0.3 is 0 Å². The second-order valence-electron chi connectivity index (χ2n) is 4.77. The van der Waals surface area contributed by atoms with Gasteiger partial charge < -0.3 is 20.7 Å². The van der Waals surface area contributed by atoms with Crippen molar-refractivity contribution in [1.82, 2.24) is 19.5 Å². The van der Waals surface area contributed by atoms with E-state index in [1.54, 1.807) is 0 Å². The molecule has 0 unspecified atom stereocenters. The highest BCUT2D eigenvalue weighted by molar-refractivity contribution is 5.70. The quantitative estimate of drug-likeness (QED) is 0.551. The van der Waals surface area contributed by atoms with E-state index < -0.39 is 30.2 Å². The zero-order chi connectivity index (χ0) is 15.8. The number of hydrogen-bond donors (Lipinski definition) is 4. The van der Waals surface area contributed by atoms with Gasteiger partial charge in [-0.2, -0.15) is 4.98 Å². The van der Waals surface area contributed by atoms with Crippen LogP contribution in [0.1, 0.15) is 13.2 Å². The number of hydrogen-bond acceptors (Lipinski definition) is 7. The zero-order valence-corrected chi connectivity index (χ0v) is 11.4. The number of H-pyrrole nitrogens is 1. The van der Waals surface area contributed by atoms with E-state index in [0.717, 1.165) is 10.9 Å². The number of halogens is 1. The lowest BCUT2D eigenvalue weighted by atomic mass is 9.99. The largest absolute Gasteiger partial charge is 0.393 e. The number of nitrogen functional groups attached to an aromatic ring is 1. The average Bonchev–Trinajstić information content (AvgIpc) is 2.88. The normalized spacial score (nSPS) is 17.6. The summed E-state index contributed by atoms with van der Waals surface area (Å²) in [5, 5.41) is 19.3. The van der Waals surface area contributed by atoms with Crippen LogP contribution in [0.2, 0.25) is 0 Å². The molecule has 0 spiro atoms. The first-order chi connectivity index (χ1) is 9.84. The van der Waals surface area contributed by atoms with Crippen molar-refractivity contribution in [2.24, 2.45) is 0 Å². The van der Waals surface area contributed by atoms with E-state index in [4.69, 9.17) is 10.5 Å². The fourth-order valence-electron chi connectivity index (χ4n) is 1.85. The number of aromatic amines is 1. The lowest BCUT2D eigenvalue weighted by molar-refractivity contribution is -0.152. The highest BCUT2D eigenvalue weighted by Gasteiger charge is 2.40. The number of nitrogens with one attached hydrogen (secondary N) is 1. The number of imidazole rings is 1. The van der Waals surface area contributed by atoms with Crippen LogP contribution in [0.25, 0.3) is 11.2 Å². The zero-order valence-electron chi connectivity index (χ0n) is 11.4. The molecule has 0 fully saturated rings. The first-order valence-electron chi connectivity index (χ1n) is 6.04. The molecule has 5 N–H and O–H groups in total. The summed E-state index contributed by atoms with van der Waals surface area (Å²) in [6.07, 6.45) is -2.73. The lowest BCUT2D eigenvalue weighted by Crippen LogP contribution is -2.48. The molecule has 3 atom stereocenters. The number of nitrogens with zero attached hydrogens (tertiary/aromatic N) is 3. The van der Waals surface area contributed by atoms with E-state index in [9.17, 15) is 19.4 Å². The van der Waals surface area contributed by atoms with E-state index in [1.807, 2.05) is 0 Å². The molecular weight excluding hydrogens is 285 g/mol. The molecule has 0 saturated heterocycles. The molecule has 21 heavy (non-hydrogen) atoms. The van der Waals surface area contributed by atoms with Crippen LogP contribution in [-0.4, -0.2) is 55.2 Å². The minimum atomic E-state index is -2.04. The van der Waals surface area contributed by atoms with Crippen molar-refractivity contribution < 1.29 is 19.3 Å². The SMILES string of the molecule is CO[C@](C)(CO)[C@@H](O)[C@@H](F)n1cnc2c(=O)[nH]c(N)nc21. The second kappa shape index (κ2) is 5.39. The minimum Gasteiger partial charge on any atom is -0.393 e. The number of aliphatic hydroxyl groups is 2. The number of rotatable bonds is 5. The fraction of sp³-hybridized carbons (Fsp3) is 0.545. The molecule has 0 bridgehead atoms. The van der Waals surface area contributed by atoms with Gasteiger partial charge in [-0.05, 0) is 6.92 Å². The Hall–Kier alpha value is -2.04. The molecule has 10 heteroatoms. The summed E-state index contributed by atoms with van der Waals surface area (Å²) in [5.41, 5.74) is 3.05. The first-order valence-corrected chi connectivity index (χ1v) is 6.04. The summed E-state index contributed by atoms with van der Waals surface area (Å²) in [7, 11) is 1.24. The molecule has 0 aromatic carbocycles. The number of aromatic nitrogens is 4. The Balaban J connectivity index is 2.49. The van der Waals surface area contributed by atoms with Crippen molar-refractivity contribution in [3.05, 3.63) is 16.7 Å². The average molecular weight is 301 g/mol. The Morgan fingerprint density at radius 2 is 2.33 bits per heavy atom. The van der Waals surface area contributed by atoms with Crippen LogP contribution in [0.5, 0.6) is 0 Å². The molecule has 0 aliphatic carbocycles. The molecule has 0 amide bonds. The summed E-state index contributed by atoms with van der Waals surface area (Å²) in [6, 6.07) is 0. The van der Waals surface area contributed by atoms with E-state index in [2.05, 4.69) is 15.0 Å². The van der Waals surface area contributed by atoms with Gasteiger partial charge in [0.25, 0.3) is 5.56 Å². The predicted molar refractivity (Wildman–Crippen MR) is 71.2 cm³/mol. The van der Waals surface area contributed by atoms with Gasteiger partial charge in [0.2, 0.25) is 12.2 Å². The molecule has 2 rings (SSSR count). The molecular formula is C11H16FN5O4. The summed E-state index contributed by atoms with van der Waals surface area (Å²) < 4.78 is 20.3. The van der Waals surface area contributed by atoms with Crippen molar-refractivity contribution in [3.63, 3.8) is 0 Å². The molecule has 2 heterocycles. The van der Waals surface area contributed by atoms with Gasteiger partial charge in [-0.25, -0.2) is 9.37 Å². The predicted octanol–water partition coefficient (Wildman–Crippen LogP) is -1.07. The van der Waals surface area contributed by atoms with Gasteiger partial charge in [0.1, 0.15) is 11.7 Å². The Morgan fingerprint density at radius 3 is 2.90 bits per heavy atom. The summed E-state index contributed by atoms with van der Waals surface area (Å²) in [6.45, 7) is 0.742. The van der Waals surface area contributed by atoms with Crippen molar-refractivity contribution in [1.29, 1.82) is 0 Å². The molecule has 9 nitrogen and oxygen atoms in total. The topological polar surface area (TPSA) is 139 Å². The van der Waals surface area contributed by atoms with Crippen molar-refractivity contribution in [2.75, 3.05) is 19.5 Å². The Morgan fingerprint density at radius 1 is 1.67 bits per heavy atom. The number of nitrogens with two attached hydrogens (primary N) is 1. The number of alkyl halides is 1.